The molecule has 3 amide bonds. The minimum atomic E-state index is -2.26. The van der Waals surface area contributed by atoms with E-state index in [9.17, 15) is 23.9 Å². The van der Waals surface area contributed by atoms with E-state index < -0.39 is 23.2 Å². The summed E-state index contributed by atoms with van der Waals surface area (Å²) >= 11 is 5.82. The number of halogens is 2. The average Bonchev–Trinajstić information content (AvgIpc) is 3.36. The van der Waals surface area contributed by atoms with Crippen LogP contribution >= 0.6 is 11.6 Å². The highest BCUT2D eigenvalue weighted by molar-refractivity contribution is 6.30. The van der Waals surface area contributed by atoms with E-state index in [1.807, 2.05) is 0 Å². The maximum absolute atomic E-state index is 13.5. The predicted molar refractivity (Wildman–Crippen MR) is 123 cm³/mol. The summed E-state index contributed by atoms with van der Waals surface area (Å²) in [6.45, 7) is -0.0645. The fourth-order valence-corrected chi connectivity index (χ4v) is 4.12. The molecular weight excluding hydrogens is 467 g/mol. The summed E-state index contributed by atoms with van der Waals surface area (Å²) in [5.74, 6) is -2.61. The van der Waals surface area contributed by atoms with Gasteiger partial charge in [0.1, 0.15) is 11.5 Å². The van der Waals surface area contributed by atoms with Gasteiger partial charge >= 0.3 is 0 Å². The molecule has 0 spiro atoms. The van der Waals surface area contributed by atoms with Crippen molar-refractivity contribution < 1.29 is 29.0 Å². The van der Waals surface area contributed by atoms with E-state index in [4.69, 9.17) is 16.7 Å². The first kappa shape index (κ1) is 23.7. The maximum atomic E-state index is 13.5. The van der Waals surface area contributed by atoms with Gasteiger partial charge in [-0.2, -0.15) is 0 Å². The standard InChI is InChI=1S/C23H22ClFN4O5/c24-15-7-13(8-16(25)11-15)12-27-21(32)23(34)3-5-29(22(23)33)17-1-2-18-14(9-17)10-19(28-18)20(31)26-4-6-30/h1-2,7-11,28,30,34H,3-6,12H2,(H,26,31)(H,27,32). The largest absolute Gasteiger partial charge is 0.395 e. The number of anilines is 1. The van der Waals surface area contributed by atoms with Crippen molar-refractivity contribution in [2.45, 2.75) is 18.6 Å². The Labute approximate surface area is 198 Å². The van der Waals surface area contributed by atoms with Crippen LogP contribution < -0.4 is 15.5 Å². The Morgan fingerprint density at radius 1 is 1.18 bits per heavy atom. The molecule has 2 aromatic carbocycles. The first-order valence-electron chi connectivity index (χ1n) is 10.5. The van der Waals surface area contributed by atoms with Crippen molar-refractivity contribution in [2.24, 2.45) is 0 Å². The number of aliphatic hydroxyl groups is 2. The first-order chi connectivity index (χ1) is 16.2. The van der Waals surface area contributed by atoms with Gasteiger partial charge in [0.05, 0.1) is 6.61 Å². The molecule has 4 rings (SSSR count). The van der Waals surface area contributed by atoms with Crippen LogP contribution in [-0.2, 0) is 16.1 Å². The summed E-state index contributed by atoms with van der Waals surface area (Å²) in [4.78, 5) is 42.0. The molecule has 178 valence electrons. The second-order valence-electron chi connectivity index (χ2n) is 7.96. The summed E-state index contributed by atoms with van der Waals surface area (Å²) in [6.07, 6.45) is -0.123. The van der Waals surface area contributed by atoms with Crippen molar-refractivity contribution in [3.63, 3.8) is 0 Å². The second-order valence-corrected chi connectivity index (χ2v) is 8.40. The Hall–Kier alpha value is -3.47. The summed E-state index contributed by atoms with van der Waals surface area (Å²) in [6, 6.07) is 10.4. The SMILES string of the molecule is O=C(NCCO)c1cc2cc(N3CCC(O)(C(=O)NCc4cc(F)cc(Cl)c4)C3=O)ccc2[nH]1. The molecule has 34 heavy (non-hydrogen) atoms. The van der Waals surface area contributed by atoms with Crippen LogP contribution in [0, 0.1) is 5.82 Å². The number of hydrogen-bond acceptors (Lipinski definition) is 5. The molecule has 9 nitrogen and oxygen atoms in total. The quantitative estimate of drug-likeness (QED) is 0.321. The Bertz CT molecular complexity index is 1260. The number of rotatable bonds is 7. The van der Waals surface area contributed by atoms with Gasteiger partial charge in [0.2, 0.25) is 5.60 Å². The predicted octanol–water partition coefficient (Wildman–Crippen LogP) is 1.47. The van der Waals surface area contributed by atoms with Gasteiger partial charge in [-0.1, -0.05) is 11.6 Å². The number of nitrogens with one attached hydrogen (secondary N) is 3. The Morgan fingerprint density at radius 3 is 2.71 bits per heavy atom. The number of aromatic amines is 1. The van der Waals surface area contributed by atoms with E-state index in [0.717, 1.165) is 6.07 Å². The number of hydrogen-bond donors (Lipinski definition) is 5. The molecule has 1 aliphatic heterocycles. The number of fused-ring (bicyclic) bond motifs is 1. The van der Waals surface area contributed by atoms with Crippen LogP contribution in [0.3, 0.4) is 0 Å². The highest BCUT2D eigenvalue weighted by atomic mass is 35.5. The van der Waals surface area contributed by atoms with E-state index >= 15 is 0 Å². The minimum absolute atomic E-state index is 0.105. The molecule has 1 atom stereocenters. The summed E-state index contributed by atoms with van der Waals surface area (Å²) in [7, 11) is 0. The lowest BCUT2D eigenvalue weighted by atomic mass is 10.0. The third kappa shape index (κ3) is 4.60. The molecule has 0 aliphatic carbocycles. The number of nitrogens with zero attached hydrogens (tertiary/aromatic N) is 1. The van der Waals surface area contributed by atoms with E-state index in [1.54, 1.807) is 24.3 Å². The van der Waals surface area contributed by atoms with Crippen LogP contribution in [0.4, 0.5) is 10.1 Å². The molecule has 1 saturated heterocycles. The highest BCUT2D eigenvalue weighted by Gasteiger charge is 2.51. The molecule has 1 aromatic heterocycles. The van der Waals surface area contributed by atoms with Gasteiger partial charge < -0.3 is 30.7 Å². The van der Waals surface area contributed by atoms with E-state index in [1.165, 1.54) is 17.0 Å². The Morgan fingerprint density at radius 2 is 1.97 bits per heavy atom. The van der Waals surface area contributed by atoms with Gasteiger partial charge in [-0.3, -0.25) is 14.4 Å². The van der Waals surface area contributed by atoms with Gasteiger partial charge in [0.25, 0.3) is 17.7 Å². The van der Waals surface area contributed by atoms with Crippen LogP contribution in [0.15, 0.2) is 42.5 Å². The number of benzene rings is 2. The number of carbonyl (C=O) groups is 3. The zero-order valence-electron chi connectivity index (χ0n) is 17.9. The molecular formula is C23H22ClFN4O5. The molecule has 3 aromatic rings. The maximum Gasteiger partial charge on any atom is 0.268 e. The Kier molecular flexibility index (Phi) is 6.56. The summed E-state index contributed by atoms with van der Waals surface area (Å²) in [5, 5.41) is 25.5. The molecule has 5 N–H and O–H groups in total. The zero-order valence-corrected chi connectivity index (χ0v) is 18.7. The molecule has 1 fully saturated rings. The van der Waals surface area contributed by atoms with Gasteiger partial charge in [0, 0.05) is 47.7 Å². The van der Waals surface area contributed by atoms with Gasteiger partial charge in [0.15, 0.2) is 0 Å². The number of aromatic nitrogens is 1. The van der Waals surface area contributed by atoms with Crippen molar-refractivity contribution in [1.29, 1.82) is 0 Å². The van der Waals surface area contributed by atoms with E-state index in [-0.39, 0.29) is 43.6 Å². The van der Waals surface area contributed by atoms with Gasteiger partial charge in [-0.15, -0.1) is 0 Å². The van der Waals surface area contributed by atoms with Gasteiger partial charge in [-0.05, 0) is 48.0 Å². The van der Waals surface area contributed by atoms with Crippen LogP contribution in [0.25, 0.3) is 10.9 Å². The zero-order chi connectivity index (χ0) is 24.5. The number of aliphatic hydroxyl groups excluding tert-OH is 1. The first-order valence-corrected chi connectivity index (χ1v) is 10.9. The third-order valence-corrected chi connectivity index (χ3v) is 5.82. The average molecular weight is 489 g/mol. The number of carbonyl (C=O) groups excluding carboxylic acids is 3. The normalized spacial score (nSPS) is 17.9. The van der Waals surface area contributed by atoms with Crippen molar-refractivity contribution in [3.05, 3.63) is 64.6 Å². The minimum Gasteiger partial charge on any atom is -0.395 e. The fraction of sp³-hybridized carbons (Fsp3) is 0.261. The summed E-state index contributed by atoms with van der Waals surface area (Å²) in [5.41, 5.74) is -0.465. The Balaban J connectivity index is 1.48. The molecule has 1 aliphatic rings. The highest BCUT2D eigenvalue weighted by Crippen LogP contribution is 2.31. The van der Waals surface area contributed by atoms with E-state index in [0.29, 0.717) is 27.8 Å². The van der Waals surface area contributed by atoms with Crippen LogP contribution in [0.5, 0.6) is 0 Å². The number of H-pyrrole nitrogens is 1. The van der Waals surface area contributed by atoms with Crippen molar-refractivity contribution in [3.8, 4) is 0 Å². The molecule has 1 unspecified atom stereocenters. The monoisotopic (exact) mass is 488 g/mol. The third-order valence-electron chi connectivity index (χ3n) is 5.61. The lowest BCUT2D eigenvalue weighted by molar-refractivity contribution is -0.149. The van der Waals surface area contributed by atoms with Crippen LogP contribution in [0.1, 0.15) is 22.5 Å². The summed E-state index contributed by atoms with van der Waals surface area (Å²) < 4.78 is 13.5. The lowest BCUT2D eigenvalue weighted by Crippen LogP contribution is -2.52. The van der Waals surface area contributed by atoms with Crippen molar-refractivity contribution in [1.82, 2.24) is 15.6 Å². The molecule has 2 heterocycles. The molecule has 11 heteroatoms. The van der Waals surface area contributed by atoms with Crippen LogP contribution in [0.2, 0.25) is 5.02 Å². The fourth-order valence-electron chi connectivity index (χ4n) is 3.88. The molecule has 0 saturated carbocycles. The second kappa shape index (κ2) is 9.41. The van der Waals surface area contributed by atoms with Crippen molar-refractivity contribution in [2.75, 3.05) is 24.6 Å². The lowest BCUT2D eigenvalue weighted by Gasteiger charge is -2.22. The van der Waals surface area contributed by atoms with Crippen molar-refractivity contribution >= 4 is 45.9 Å². The van der Waals surface area contributed by atoms with Crippen LogP contribution in [-0.4, -0.2) is 58.2 Å². The smallest absolute Gasteiger partial charge is 0.268 e. The molecule has 0 radical (unpaired) electrons. The molecule has 0 bridgehead atoms. The number of amides is 3. The topological polar surface area (TPSA) is 135 Å². The van der Waals surface area contributed by atoms with Gasteiger partial charge in [-0.25, -0.2) is 4.39 Å². The van der Waals surface area contributed by atoms with E-state index in [2.05, 4.69) is 15.6 Å².